The average Bonchev–Trinajstić information content (AvgIpc) is 2.46. The number of azide groups is 1. The highest BCUT2D eigenvalue weighted by Gasteiger charge is 2.22. The number of aliphatic hydroxyl groups is 2. The number of benzene rings is 1. The molecule has 8 heteroatoms. The first-order chi connectivity index (χ1) is 9.51. The van der Waals surface area contributed by atoms with E-state index in [9.17, 15) is 20.1 Å². The van der Waals surface area contributed by atoms with Crippen molar-refractivity contribution in [2.45, 2.75) is 18.6 Å². The van der Waals surface area contributed by atoms with Crippen LogP contribution in [0.25, 0.3) is 10.4 Å². The molecule has 0 aliphatic carbocycles. The van der Waals surface area contributed by atoms with E-state index in [1.165, 1.54) is 25.3 Å². The van der Waals surface area contributed by atoms with E-state index in [1.807, 2.05) is 0 Å². The predicted octanol–water partition coefficient (Wildman–Crippen LogP) is 1.27. The number of aromatic hydroxyl groups is 1. The molecule has 1 rings (SSSR count). The van der Waals surface area contributed by atoms with Gasteiger partial charge in [-0.05, 0) is 30.2 Å². The van der Waals surface area contributed by atoms with Crippen LogP contribution in [-0.4, -0.2) is 41.0 Å². The molecule has 0 bridgehead atoms. The number of carbonyl (C=O) groups is 1. The van der Waals surface area contributed by atoms with Crippen LogP contribution in [0.4, 0.5) is 0 Å². The summed E-state index contributed by atoms with van der Waals surface area (Å²) in [4.78, 5) is 13.9. The van der Waals surface area contributed by atoms with Crippen LogP contribution in [0.2, 0.25) is 0 Å². The molecule has 0 aliphatic rings. The Kier molecular flexibility index (Phi) is 5.79. The van der Waals surface area contributed by atoms with Crippen molar-refractivity contribution in [1.29, 1.82) is 0 Å². The van der Waals surface area contributed by atoms with E-state index in [2.05, 4.69) is 14.8 Å². The zero-order valence-electron chi connectivity index (χ0n) is 10.8. The van der Waals surface area contributed by atoms with Crippen molar-refractivity contribution in [3.63, 3.8) is 0 Å². The van der Waals surface area contributed by atoms with E-state index >= 15 is 0 Å². The molecule has 8 nitrogen and oxygen atoms in total. The Balaban J connectivity index is 2.93. The number of hydrogen-bond donors (Lipinski definition) is 3. The summed E-state index contributed by atoms with van der Waals surface area (Å²) in [5.74, 6) is -0.880. The van der Waals surface area contributed by atoms with Crippen LogP contribution in [0.5, 0.6) is 5.75 Å². The Morgan fingerprint density at radius 1 is 1.50 bits per heavy atom. The molecule has 108 valence electrons. The fraction of sp³-hybridized carbons (Fsp3) is 0.417. The maximum Gasteiger partial charge on any atom is 0.337 e. The van der Waals surface area contributed by atoms with E-state index in [0.29, 0.717) is 0 Å². The summed E-state index contributed by atoms with van der Waals surface area (Å²) in [6.07, 6.45) is -2.62. The zero-order valence-corrected chi connectivity index (χ0v) is 10.8. The van der Waals surface area contributed by atoms with Gasteiger partial charge in [-0.3, -0.25) is 0 Å². The van der Waals surface area contributed by atoms with Gasteiger partial charge in [-0.2, -0.15) is 0 Å². The number of ether oxygens (including phenoxy) is 1. The minimum atomic E-state index is -1.41. The summed E-state index contributed by atoms with van der Waals surface area (Å²) in [7, 11) is 1.21. The SMILES string of the molecule is COC(=O)c1ccc(O)c(C(O)C(O)CCN=[N+]=[N-])c1. The smallest absolute Gasteiger partial charge is 0.337 e. The van der Waals surface area contributed by atoms with E-state index in [-0.39, 0.29) is 29.8 Å². The summed E-state index contributed by atoms with van der Waals surface area (Å²) in [6, 6.07) is 3.80. The van der Waals surface area contributed by atoms with Crippen molar-refractivity contribution in [1.82, 2.24) is 0 Å². The standard InChI is InChI=1S/C12H15N3O5/c1-20-12(19)7-2-3-9(16)8(6-7)11(18)10(17)4-5-14-15-13/h2-3,6,10-11,16-18H,4-5H2,1H3. The molecule has 20 heavy (non-hydrogen) atoms. The molecule has 0 heterocycles. The van der Waals surface area contributed by atoms with E-state index < -0.39 is 18.2 Å². The molecule has 0 amide bonds. The third-order valence-corrected chi connectivity index (χ3v) is 2.72. The normalized spacial score (nSPS) is 13.2. The quantitative estimate of drug-likeness (QED) is 0.312. The molecule has 0 spiro atoms. The number of carbonyl (C=O) groups excluding carboxylic acids is 1. The van der Waals surface area contributed by atoms with Gasteiger partial charge in [0.05, 0.1) is 18.8 Å². The molecule has 2 atom stereocenters. The maximum atomic E-state index is 11.4. The molecular weight excluding hydrogens is 266 g/mol. The first-order valence-corrected chi connectivity index (χ1v) is 5.79. The summed E-state index contributed by atoms with van der Waals surface area (Å²) in [5, 5.41) is 32.6. The molecule has 0 saturated heterocycles. The number of esters is 1. The van der Waals surface area contributed by atoms with Crippen LogP contribution in [0, 0.1) is 0 Å². The first kappa shape index (κ1) is 15.8. The highest BCUT2D eigenvalue weighted by molar-refractivity contribution is 5.89. The Labute approximate surface area is 114 Å². The number of aliphatic hydroxyl groups excluding tert-OH is 2. The van der Waals surface area contributed by atoms with Gasteiger partial charge in [0, 0.05) is 17.0 Å². The van der Waals surface area contributed by atoms with Crippen LogP contribution in [-0.2, 0) is 4.74 Å². The van der Waals surface area contributed by atoms with E-state index in [4.69, 9.17) is 5.53 Å². The topological polar surface area (TPSA) is 136 Å². The molecule has 1 aromatic rings. The van der Waals surface area contributed by atoms with Crippen LogP contribution < -0.4 is 0 Å². The number of methoxy groups -OCH3 is 1. The lowest BCUT2D eigenvalue weighted by Gasteiger charge is -2.18. The van der Waals surface area contributed by atoms with Crippen molar-refractivity contribution in [2.24, 2.45) is 5.11 Å². The molecule has 0 aliphatic heterocycles. The molecule has 2 unspecified atom stereocenters. The molecule has 0 aromatic heterocycles. The second-order valence-corrected chi connectivity index (χ2v) is 4.02. The van der Waals surface area contributed by atoms with Crippen LogP contribution in [0.3, 0.4) is 0 Å². The van der Waals surface area contributed by atoms with Crippen LogP contribution in [0.15, 0.2) is 23.3 Å². The second kappa shape index (κ2) is 7.34. The minimum absolute atomic E-state index is 0.00124. The van der Waals surface area contributed by atoms with Crippen LogP contribution in [0.1, 0.15) is 28.4 Å². The second-order valence-electron chi connectivity index (χ2n) is 4.02. The highest BCUT2D eigenvalue weighted by Crippen LogP contribution is 2.28. The lowest BCUT2D eigenvalue weighted by atomic mass is 9.99. The lowest BCUT2D eigenvalue weighted by Crippen LogP contribution is -2.19. The minimum Gasteiger partial charge on any atom is -0.508 e. The fourth-order valence-corrected chi connectivity index (χ4v) is 1.64. The largest absolute Gasteiger partial charge is 0.508 e. The molecule has 0 saturated carbocycles. The van der Waals surface area contributed by atoms with E-state index in [1.54, 1.807) is 0 Å². The Morgan fingerprint density at radius 3 is 2.80 bits per heavy atom. The number of hydrogen-bond acceptors (Lipinski definition) is 6. The summed E-state index contributed by atoms with van der Waals surface area (Å²) >= 11 is 0. The van der Waals surface area contributed by atoms with Crippen molar-refractivity contribution < 1.29 is 24.9 Å². The number of phenols is 1. The van der Waals surface area contributed by atoms with Gasteiger partial charge < -0.3 is 20.1 Å². The fourth-order valence-electron chi connectivity index (χ4n) is 1.64. The number of rotatable bonds is 6. The van der Waals surface area contributed by atoms with Crippen molar-refractivity contribution >= 4 is 5.97 Å². The van der Waals surface area contributed by atoms with E-state index in [0.717, 1.165) is 0 Å². The third-order valence-electron chi connectivity index (χ3n) is 2.72. The summed E-state index contributed by atoms with van der Waals surface area (Å²) in [5.41, 5.74) is 8.27. The van der Waals surface area contributed by atoms with Crippen molar-refractivity contribution in [2.75, 3.05) is 13.7 Å². The predicted molar refractivity (Wildman–Crippen MR) is 69.0 cm³/mol. The van der Waals surface area contributed by atoms with Crippen LogP contribution >= 0.6 is 0 Å². The Bertz CT molecular complexity index is 528. The number of nitrogens with zero attached hydrogens (tertiary/aromatic N) is 3. The number of phenolic OH excluding ortho intramolecular Hbond substituents is 1. The van der Waals surface area contributed by atoms with Gasteiger partial charge in [-0.1, -0.05) is 5.11 Å². The van der Waals surface area contributed by atoms with Gasteiger partial charge in [0.25, 0.3) is 0 Å². The molecule has 1 aromatic carbocycles. The van der Waals surface area contributed by atoms with Gasteiger partial charge in [-0.15, -0.1) is 0 Å². The first-order valence-electron chi connectivity index (χ1n) is 5.79. The summed E-state index contributed by atoms with van der Waals surface area (Å²) in [6.45, 7) is 0.00613. The molecule has 0 fully saturated rings. The van der Waals surface area contributed by atoms with Gasteiger partial charge in [0.2, 0.25) is 0 Å². The van der Waals surface area contributed by atoms with Gasteiger partial charge >= 0.3 is 5.97 Å². The van der Waals surface area contributed by atoms with Crippen molar-refractivity contribution in [3.05, 3.63) is 39.8 Å². The zero-order chi connectivity index (χ0) is 15.1. The Morgan fingerprint density at radius 2 is 2.20 bits per heavy atom. The Hall–Kier alpha value is -2.28. The average molecular weight is 281 g/mol. The van der Waals surface area contributed by atoms with Crippen molar-refractivity contribution in [3.8, 4) is 5.75 Å². The van der Waals surface area contributed by atoms with Gasteiger partial charge in [-0.25, -0.2) is 4.79 Å². The maximum absolute atomic E-state index is 11.4. The molecular formula is C12H15N3O5. The monoisotopic (exact) mass is 281 g/mol. The van der Waals surface area contributed by atoms with Gasteiger partial charge in [0.15, 0.2) is 0 Å². The third kappa shape index (κ3) is 3.86. The summed E-state index contributed by atoms with van der Waals surface area (Å²) < 4.78 is 4.53. The van der Waals surface area contributed by atoms with Gasteiger partial charge in [0.1, 0.15) is 11.9 Å². The molecule has 0 radical (unpaired) electrons. The lowest BCUT2D eigenvalue weighted by molar-refractivity contribution is 0.0136. The highest BCUT2D eigenvalue weighted by atomic mass is 16.5. The molecule has 3 N–H and O–H groups in total.